The Morgan fingerprint density at radius 2 is 1.85 bits per heavy atom. The molecular formula is C15H30N2O3. The number of hydrogen-bond donors (Lipinski definition) is 1. The number of carbonyl (C=O) groups excluding carboxylic acids is 2. The summed E-state index contributed by atoms with van der Waals surface area (Å²) in [5, 5.41) is 2.63. The SMILES string of the molecule is CC.COC(=O)NC(C(=O)N1CCCC[C@H]1C)C(C)C. The first kappa shape index (κ1) is 18.7. The van der Waals surface area contributed by atoms with Crippen molar-refractivity contribution in [2.45, 2.75) is 66.0 Å². The van der Waals surface area contributed by atoms with Gasteiger partial charge in [-0.1, -0.05) is 27.7 Å². The van der Waals surface area contributed by atoms with Crippen molar-refractivity contribution >= 4 is 12.0 Å². The normalized spacial score (nSPS) is 19.8. The Labute approximate surface area is 123 Å². The van der Waals surface area contributed by atoms with Crippen molar-refractivity contribution in [3.8, 4) is 0 Å². The third-order valence-electron chi connectivity index (χ3n) is 3.48. The van der Waals surface area contributed by atoms with Crippen LogP contribution in [0.1, 0.15) is 53.9 Å². The van der Waals surface area contributed by atoms with Crippen molar-refractivity contribution in [2.75, 3.05) is 13.7 Å². The minimum atomic E-state index is -0.549. The van der Waals surface area contributed by atoms with E-state index in [1.165, 1.54) is 13.5 Å². The van der Waals surface area contributed by atoms with Gasteiger partial charge in [-0.2, -0.15) is 0 Å². The van der Waals surface area contributed by atoms with Crippen LogP contribution in [0.15, 0.2) is 0 Å². The first-order valence-electron chi connectivity index (χ1n) is 7.62. The van der Waals surface area contributed by atoms with Gasteiger partial charge in [0.25, 0.3) is 0 Å². The lowest BCUT2D eigenvalue weighted by Gasteiger charge is -2.36. The molecule has 0 saturated carbocycles. The van der Waals surface area contributed by atoms with Crippen molar-refractivity contribution < 1.29 is 14.3 Å². The molecule has 2 amide bonds. The van der Waals surface area contributed by atoms with E-state index in [0.717, 1.165) is 19.4 Å². The first-order valence-corrected chi connectivity index (χ1v) is 7.62. The van der Waals surface area contributed by atoms with Gasteiger partial charge in [0.05, 0.1) is 7.11 Å². The Morgan fingerprint density at radius 3 is 2.30 bits per heavy atom. The van der Waals surface area contributed by atoms with E-state index in [1.54, 1.807) is 0 Å². The summed E-state index contributed by atoms with van der Waals surface area (Å²) in [6.07, 6.45) is 2.70. The minimum absolute atomic E-state index is 0.00241. The molecule has 20 heavy (non-hydrogen) atoms. The summed E-state index contributed by atoms with van der Waals surface area (Å²) < 4.78 is 4.57. The van der Waals surface area contributed by atoms with Gasteiger partial charge in [0.2, 0.25) is 5.91 Å². The van der Waals surface area contributed by atoms with Crippen LogP contribution in [0.25, 0.3) is 0 Å². The lowest BCUT2D eigenvalue weighted by atomic mass is 9.98. The fourth-order valence-electron chi connectivity index (χ4n) is 2.30. The maximum atomic E-state index is 12.5. The van der Waals surface area contributed by atoms with Crippen LogP contribution in [0, 0.1) is 5.92 Å². The average molecular weight is 286 g/mol. The average Bonchev–Trinajstić information content (AvgIpc) is 2.46. The van der Waals surface area contributed by atoms with Gasteiger partial charge in [-0.15, -0.1) is 0 Å². The van der Waals surface area contributed by atoms with Crippen LogP contribution in [-0.2, 0) is 9.53 Å². The van der Waals surface area contributed by atoms with E-state index in [4.69, 9.17) is 0 Å². The maximum Gasteiger partial charge on any atom is 0.407 e. The molecule has 118 valence electrons. The molecule has 0 aliphatic carbocycles. The molecule has 5 nitrogen and oxygen atoms in total. The molecule has 1 aliphatic rings. The highest BCUT2D eigenvalue weighted by Crippen LogP contribution is 2.19. The van der Waals surface area contributed by atoms with Gasteiger partial charge in [0, 0.05) is 12.6 Å². The summed E-state index contributed by atoms with van der Waals surface area (Å²) in [5.41, 5.74) is 0. The topological polar surface area (TPSA) is 58.6 Å². The molecule has 1 rings (SSSR count). The van der Waals surface area contributed by atoms with Crippen molar-refractivity contribution in [1.29, 1.82) is 0 Å². The second-order valence-corrected chi connectivity index (χ2v) is 5.23. The molecule has 1 unspecified atom stereocenters. The zero-order valence-corrected chi connectivity index (χ0v) is 13.7. The second-order valence-electron chi connectivity index (χ2n) is 5.23. The van der Waals surface area contributed by atoms with E-state index in [9.17, 15) is 9.59 Å². The fraction of sp³-hybridized carbons (Fsp3) is 0.867. The summed E-state index contributed by atoms with van der Waals surface area (Å²) in [7, 11) is 1.31. The minimum Gasteiger partial charge on any atom is -0.453 e. The Morgan fingerprint density at radius 1 is 1.25 bits per heavy atom. The Kier molecular flexibility index (Phi) is 9.01. The molecule has 0 spiro atoms. The van der Waals surface area contributed by atoms with Gasteiger partial charge in [0.1, 0.15) is 6.04 Å². The van der Waals surface area contributed by atoms with Gasteiger partial charge in [0.15, 0.2) is 0 Å². The number of nitrogens with one attached hydrogen (secondary N) is 1. The number of hydrogen-bond acceptors (Lipinski definition) is 3. The molecule has 1 fully saturated rings. The van der Waals surface area contributed by atoms with Gasteiger partial charge in [-0.25, -0.2) is 4.79 Å². The van der Waals surface area contributed by atoms with Gasteiger partial charge >= 0.3 is 6.09 Å². The number of piperidine rings is 1. The Bertz CT molecular complexity index is 305. The third-order valence-corrected chi connectivity index (χ3v) is 3.48. The summed E-state index contributed by atoms with van der Waals surface area (Å²) in [4.78, 5) is 25.6. The molecule has 0 aromatic rings. The fourth-order valence-corrected chi connectivity index (χ4v) is 2.30. The Balaban J connectivity index is 0.00000172. The quantitative estimate of drug-likeness (QED) is 0.868. The molecule has 1 N–H and O–H groups in total. The number of alkyl carbamates (subject to hydrolysis) is 1. The van der Waals surface area contributed by atoms with Crippen LogP contribution in [0.4, 0.5) is 4.79 Å². The number of carbonyl (C=O) groups is 2. The Hall–Kier alpha value is -1.26. The van der Waals surface area contributed by atoms with Crippen LogP contribution < -0.4 is 5.32 Å². The highest BCUT2D eigenvalue weighted by Gasteiger charge is 2.32. The van der Waals surface area contributed by atoms with E-state index < -0.39 is 12.1 Å². The molecule has 2 atom stereocenters. The number of methoxy groups -OCH3 is 1. The van der Waals surface area contributed by atoms with Crippen LogP contribution >= 0.6 is 0 Å². The lowest BCUT2D eigenvalue weighted by molar-refractivity contribution is -0.137. The predicted octanol–water partition coefficient (Wildman–Crippen LogP) is 2.79. The highest BCUT2D eigenvalue weighted by atomic mass is 16.5. The highest BCUT2D eigenvalue weighted by molar-refractivity contribution is 5.86. The van der Waals surface area contributed by atoms with Crippen LogP contribution in [0.2, 0.25) is 0 Å². The second kappa shape index (κ2) is 9.61. The van der Waals surface area contributed by atoms with Crippen molar-refractivity contribution in [2.24, 2.45) is 5.92 Å². The molecule has 1 aliphatic heterocycles. The van der Waals surface area contributed by atoms with Gasteiger partial charge in [-0.05, 0) is 32.1 Å². The first-order chi connectivity index (χ1) is 9.47. The largest absolute Gasteiger partial charge is 0.453 e. The molecule has 0 aromatic heterocycles. The van der Waals surface area contributed by atoms with Gasteiger partial charge in [-0.3, -0.25) is 4.79 Å². The van der Waals surface area contributed by atoms with Crippen molar-refractivity contribution in [3.63, 3.8) is 0 Å². The van der Waals surface area contributed by atoms with Crippen LogP contribution in [0.5, 0.6) is 0 Å². The number of likely N-dealkylation sites (tertiary alicyclic amines) is 1. The zero-order chi connectivity index (χ0) is 15.7. The maximum absolute atomic E-state index is 12.5. The number of ether oxygens (including phenoxy) is 1. The van der Waals surface area contributed by atoms with E-state index in [1.807, 2.05) is 32.6 Å². The number of nitrogens with zero attached hydrogens (tertiary/aromatic N) is 1. The monoisotopic (exact) mass is 286 g/mol. The molecule has 1 saturated heterocycles. The predicted molar refractivity (Wildman–Crippen MR) is 80.5 cm³/mol. The third kappa shape index (κ3) is 5.39. The summed E-state index contributed by atoms with van der Waals surface area (Å²) in [5.74, 6) is 0.0494. The van der Waals surface area contributed by atoms with Crippen LogP contribution in [0.3, 0.4) is 0 Å². The molecule has 0 radical (unpaired) electrons. The summed E-state index contributed by atoms with van der Waals surface area (Å²) in [6.45, 7) is 10.7. The van der Waals surface area contributed by atoms with E-state index in [0.29, 0.717) is 0 Å². The molecule has 5 heteroatoms. The van der Waals surface area contributed by atoms with E-state index in [-0.39, 0.29) is 17.9 Å². The van der Waals surface area contributed by atoms with Crippen LogP contribution in [-0.4, -0.2) is 42.6 Å². The molecule has 0 bridgehead atoms. The van der Waals surface area contributed by atoms with Crippen molar-refractivity contribution in [1.82, 2.24) is 10.2 Å². The summed E-state index contributed by atoms with van der Waals surface area (Å²) >= 11 is 0. The smallest absolute Gasteiger partial charge is 0.407 e. The number of rotatable bonds is 3. The zero-order valence-electron chi connectivity index (χ0n) is 13.7. The van der Waals surface area contributed by atoms with Crippen molar-refractivity contribution in [3.05, 3.63) is 0 Å². The molecule has 0 aromatic carbocycles. The number of amides is 2. The molecule has 1 heterocycles. The van der Waals surface area contributed by atoms with Gasteiger partial charge < -0.3 is 15.0 Å². The summed E-state index contributed by atoms with van der Waals surface area (Å²) in [6, 6.07) is -0.245. The standard InChI is InChI=1S/C13H24N2O3.C2H6/c1-9(2)11(14-13(17)18-4)12(16)15-8-6-5-7-10(15)3;1-2/h9-11H,5-8H2,1-4H3,(H,14,17);1-2H3/t10-,11?;/m1./s1. The lowest BCUT2D eigenvalue weighted by Crippen LogP contribution is -2.54. The van der Waals surface area contributed by atoms with E-state index in [2.05, 4.69) is 17.0 Å². The molecular weight excluding hydrogens is 256 g/mol. The van der Waals surface area contributed by atoms with E-state index >= 15 is 0 Å².